The first-order chi connectivity index (χ1) is 9.52. The van der Waals surface area contributed by atoms with E-state index in [2.05, 4.69) is 0 Å². The summed E-state index contributed by atoms with van der Waals surface area (Å²) in [5.41, 5.74) is 2.00. The Hall–Kier alpha value is -1.83. The van der Waals surface area contributed by atoms with E-state index in [9.17, 15) is 10.1 Å². The molecule has 0 heterocycles. The fraction of sp³-hybridized carbons (Fsp3) is 0.143. The molecular formula is C14H13IN2O3. The van der Waals surface area contributed by atoms with Gasteiger partial charge in [0.05, 0.1) is 15.6 Å². The lowest BCUT2D eigenvalue weighted by Crippen LogP contribution is -2.09. The van der Waals surface area contributed by atoms with Crippen molar-refractivity contribution in [2.45, 2.75) is 0 Å². The van der Waals surface area contributed by atoms with E-state index in [0.29, 0.717) is 3.57 Å². The Labute approximate surface area is 130 Å². The van der Waals surface area contributed by atoms with Crippen molar-refractivity contribution in [1.29, 1.82) is 0 Å². The van der Waals surface area contributed by atoms with Crippen LogP contribution in [-0.2, 0) is 0 Å². The molecule has 5 nitrogen and oxygen atoms in total. The molecule has 6 heteroatoms. The zero-order chi connectivity index (χ0) is 14.7. The lowest BCUT2D eigenvalue weighted by atomic mass is 10.2. The SMILES string of the molecule is COc1ccc(N(C)c2ccc([N+](=O)[O-])c(I)c2)cc1. The molecule has 2 rings (SSSR count). The highest BCUT2D eigenvalue weighted by Gasteiger charge is 2.13. The molecule has 0 bridgehead atoms. The molecule has 20 heavy (non-hydrogen) atoms. The third-order valence-corrected chi connectivity index (χ3v) is 3.84. The summed E-state index contributed by atoms with van der Waals surface area (Å²) < 4.78 is 5.74. The van der Waals surface area contributed by atoms with Gasteiger partial charge in [0, 0.05) is 24.5 Å². The van der Waals surface area contributed by atoms with Crippen molar-refractivity contribution in [3.63, 3.8) is 0 Å². The van der Waals surface area contributed by atoms with E-state index in [1.807, 2.05) is 58.8 Å². The standard InChI is InChI=1S/C14H13IN2O3/c1-16(10-3-6-12(20-2)7-4-10)11-5-8-14(17(18)19)13(15)9-11/h3-9H,1-2H3. The van der Waals surface area contributed by atoms with Crippen LogP contribution in [-0.4, -0.2) is 19.1 Å². The second kappa shape index (κ2) is 6.08. The van der Waals surface area contributed by atoms with Gasteiger partial charge in [0.2, 0.25) is 0 Å². The van der Waals surface area contributed by atoms with Crippen LogP contribution in [0.25, 0.3) is 0 Å². The Morgan fingerprint density at radius 1 is 1.15 bits per heavy atom. The van der Waals surface area contributed by atoms with Gasteiger partial charge in [-0.15, -0.1) is 0 Å². The number of ether oxygens (including phenoxy) is 1. The van der Waals surface area contributed by atoms with Crippen LogP contribution in [0.15, 0.2) is 42.5 Å². The first-order valence-electron chi connectivity index (χ1n) is 5.84. The molecular weight excluding hydrogens is 371 g/mol. The molecule has 0 unspecified atom stereocenters. The van der Waals surface area contributed by atoms with Crippen molar-refractivity contribution < 1.29 is 9.66 Å². The summed E-state index contributed by atoms with van der Waals surface area (Å²) in [4.78, 5) is 12.4. The highest BCUT2D eigenvalue weighted by atomic mass is 127. The maximum Gasteiger partial charge on any atom is 0.282 e. The predicted octanol–water partition coefficient (Wildman–Crippen LogP) is 3.98. The average Bonchev–Trinajstić information content (AvgIpc) is 2.46. The van der Waals surface area contributed by atoms with Gasteiger partial charge < -0.3 is 9.64 Å². The number of nitro benzene ring substituents is 1. The number of hydrogen-bond donors (Lipinski definition) is 0. The van der Waals surface area contributed by atoms with Gasteiger partial charge in [-0.25, -0.2) is 0 Å². The molecule has 0 saturated carbocycles. The number of benzene rings is 2. The number of nitrogens with zero attached hydrogens (tertiary/aromatic N) is 2. The second-order valence-electron chi connectivity index (χ2n) is 4.15. The van der Waals surface area contributed by atoms with Crippen molar-refractivity contribution in [2.24, 2.45) is 0 Å². The topological polar surface area (TPSA) is 55.6 Å². The minimum Gasteiger partial charge on any atom is -0.497 e. The molecule has 0 atom stereocenters. The van der Waals surface area contributed by atoms with Gasteiger partial charge in [-0.1, -0.05) is 0 Å². The fourth-order valence-corrected chi connectivity index (χ4v) is 2.50. The van der Waals surface area contributed by atoms with Gasteiger partial charge in [-0.2, -0.15) is 0 Å². The third kappa shape index (κ3) is 3.01. The summed E-state index contributed by atoms with van der Waals surface area (Å²) in [6.07, 6.45) is 0. The Morgan fingerprint density at radius 3 is 2.25 bits per heavy atom. The molecule has 0 aliphatic heterocycles. The Bertz CT molecular complexity index is 629. The van der Waals surface area contributed by atoms with Gasteiger partial charge in [0.25, 0.3) is 5.69 Å². The molecule has 0 aliphatic carbocycles. The van der Waals surface area contributed by atoms with Crippen LogP contribution in [0, 0.1) is 13.7 Å². The van der Waals surface area contributed by atoms with Crippen LogP contribution < -0.4 is 9.64 Å². The molecule has 2 aromatic rings. The highest BCUT2D eigenvalue weighted by molar-refractivity contribution is 14.1. The normalized spacial score (nSPS) is 10.2. The van der Waals surface area contributed by atoms with E-state index in [-0.39, 0.29) is 10.6 Å². The number of rotatable bonds is 4. The molecule has 0 saturated heterocycles. The van der Waals surface area contributed by atoms with Gasteiger partial charge >= 0.3 is 0 Å². The van der Waals surface area contributed by atoms with E-state index in [0.717, 1.165) is 17.1 Å². The molecule has 0 radical (unpaired) electrons. The van der Waals surface area contributed by atoms with Crippen LogP contribution in [0.1, 0.15) is 0 Å². The molecule has 0 N–H and O–H groups in total. The third-order valence-electron chi connectivity index (χ3n) is 2.97. The number of hydrogen-bond acceptors (Lipinski definition) is 4. The molecule has 0 spiro atoms. The Balaban J connectivity index is 2.30. The quantitative estimate of drug-likeness (QED) is 0.455. The van der Waals surface area contributed by atoms with Crippen molar-refractivity contribution in [2.75, 3.05) is 19.1 Å². The molecule has 104 valence electrons. The summed E-state index contributed by atoms with van der Waals surface area (Å²) in [6, 6.07) is 12.7. The molecule has 2 aromatic carbocycles. The van der Waals surface area contributed by atoms with Gasteiger partial charge in [0.1, 0.15) is 5.75 Å². The van der Waals surface area contributed by atoms with Gasteiger partial charge in [-0.05, 0) is 59.0 Å². The Kier molecular flexibility index (Phi) is 4.43. The second-order valence-corrected chi connectivity index (χ2v) is 5.31. The van der Waals surface area contributed by atoms with E-state index >= 15 is 0 Å². The van der Waals surface area contributed by atoms with Crippen LogP contribution in [0.4, 0.5) is 17.1 Å². The predicted molar refractivity (Wildman–Crippen MR) is 86.9 cm³/mol. The number of halogens is 1. The van der Waals surface area contributed by atoms with E-state index in [1.165, 1.54) is 6.07 Å². The van der Waals surface area contributed by atoms with Crippen LogP contribution >= 0.6 is 22.6 Å². The summed E-state index contributed by atoms with van der Waals surface area (Å²) in [5.74, 6) is 0.792. The number of anilines is 2. The molecule has 0 amide bonds. The zero-order valence-corrected chi connectivity index (χ0v) is 13.2. The fourth-order valence-electron chi connectivity index (χ4n) is 1.81. The molecule has 0 aromatic heterocycles. The maximum atomic E-state index is 10.8. The zero-order valence-electron chi connectivity index (χ0n) is 11.0. The number of methoxy groups -OCH3 is 1. The van der Waals surface area contributed by atoms with Gasteiger partial charge in [-0.3, -0.25) is 10.1 Å². The first-order valence-corrected chi connectivity index (χ1v) is 6.92. The molecule has 0 aliphatic rings. The summed E-state index contributed by atoms with van der Waals surface area (Å²) in [7, 11) is 3.54. The summed E-state index contributed by atoms with van der Waals surface area (Å²) in [6.45, 7) is 0. The minimum atomic E-state index is -0.376. The average molecular weight is 384 g/mol. The van der Waals surface area contributed by atoms with Crippen molar-refractivity contribution in [3.05, 3.63) is 56.1 Å². The van der Waals surface area contributed by atoms with E-state index in [4.69, 9.17) is 4.74 Å². The van der Waals surface area contributed by atoms with Crippen LogP contribution in [0.3, 0.4) is 0 Å². The van der Waals surface area contributed by atoms with Crippen LogP contribution in [0.5, 0.6) is 5.75 Å². The van der Waals surface area contributed by atoms with Crippen molar-refractivity contribution >= 4 is 39.7 Å². The van der Waals surface area contributed by atoms with Crippen LogP contribution in [0.2, 0.25) is 0 Å². The first kappa shape index (κ1) is 14.6. The largest absolute Gasteiger partial charge is 0.497 e. The summed E-state index contributed by atoms with van der Waals surface area (Å²) in [5, 5.41) is 10.8. The van der Waals surface area contributed by atoms with Crippen molar-refractivity contribution in [3.8, 4) is 5.75 Å². The Morgan fingerprint density at radius 2 is 1.75 bits per heavy atom. The number of nitro groups is 1. The smallest absolute Gasteiger partial charge is 0.282 e. The summed E-state index contributed by atoms with van der Waals surface area (Å²) >= 11 is 1.98. The monoisotopic (exact) mass is 384 g/mol. The van der Waals surface area contributed by atoms with E-state index < -0.39 is 0 Å². The minimum absolute atomic E-state index is 0.123. The highest BCUT2D eigenvalue weighted by Crippen LogP contribution is 2.30. The lowest BCUT2D eigenvalue weighted by molar-refractivity contribution is -0.385. The molecule has 0 fully saturated rings. The van der Waals surface area contributed by atoms with E-state index in [1.54, 1.807) is 19.2 Å². The maximum absolute atomic E-state index is 10.8. The van der Waals surface area contributed by atoms with Crippen molar-refractivity contribution in [1.82, 2.24) is 0 Å². The van der Waals surface area contributed by atoms with Gasteiger partial charge in [0.15, 0.2) is 0 Å². The lowest BCUT2D eigenvalue weighted by Gasteiger charge is -2.20.